The molecule has 0 saturated carbocycles. The molecule has 0 rings (SSSR count). The van der Waals surface area contributed by atoms with Crippen molar-refractivity contribution in [1.29, 1.82) is 0 Å². The number of rotatable bonds is 4. The first-order chi connectivity index (χ1) is 5.09. The van der Waals surface area contributed by atoms with Gasteiger partial charge in [-0.2, -0.15) is 0 Å². The molecular formula is C8H14O3. The fourth-order valence-corrected chi connectivity index (χ4v) is 0.499. The fourth-order valence-electron chi connectivity index (χ4n) is 0.499. The summed E-state index contributed by atoms with van der Waals surface area (Å²) in [6, 6.07) is 0. The Morgan fingerprint density at radius 2 is 2.27 bits per heavy atom. The zero-order valence-electron chi connectivity index (χ0n) is 6.91. The van der Waals surface area contributed by atoms with Gasteiger partial charge in [0, 0.05) is 0 Å². The molecule has 3 nitrogen and oxygen atoms in total. The molecule has 11 heavy (non-hydrogen) atoms. The number of aliphatic hydroxyl groups excluding tert-OH is 1. The summed E-state index contributed by atoms with van der Waals surface area (Å²) in [5.74, 6) is -0.688. The molecule has 3 heteroatoms. The summed E-state index contributed by atoms with van der Waals surface area (Å²) in [4.78, 5) is 10.8. The molecule has 1 N–H and O–H groups in total. The van der Waals surface area contributed by atoms with Gasteiger partial charge in [0.25, 0.3) is 0 Å². The third kappa shape index (κ3) is 3.78. The lowest BCUT2D eigenvalue weighted by Crippen LogP contribution is -2.28. The molecule has 0 aliphatic carbocycles. The monoisotopic (exact) mass is 158 g/mol. The second-order valence-corrected chi connectivity index (χ2v) is 2.61. The molecule has 0 bridgehead atoms. The first-order valence-corrected chi connectivity index (χ1v) is 3.55. The van der Waals surface area contributed by atoms with E-state index in [1.807, 2.05) is 0 Å². The second kappa shape index (κ2) is 4.91. The average Bonchev–Trinajstić information content (AvgIpc) is 1.98. The molecule has 0 saturated heterocycles. The van der Waals surface area contributed by atoms with Crippen molar-refractivity contribution in [3.63, 3.8) is 0 Å². The van der Waals surface area contributed by atoms with Gasteiger partial charge in [-0.25, -0.2) is 4.79 Å². The summed E-state index contributed by atoms with van der Waals surface area (Å²) in [6.07, 6.45) is 0.445. The van der Waals surface area contributed by atoms with Gasteiger partial charge >= 0.3 is 5.97 Å². The molecule has 0 amide bonds. The van der Waals surface area contributed by atoms with Gasteiger partial charge in [0.2, 0.25) is 0 Å². The van der Waals surface area contributed by atoms with Crippen LogP contribution in [0.4, 0.5) is 0 Å². The molecular weight excluding hydrogens is 144 g/mol. The Labute approximate surface area is 66.7 Å². The number of ether oxygens (including phenoxy) is 1. The Hall–Kier alpha value is -0.830. The molecule has 64 valence electrons. The van der Waals surface area contributed by atoms with Gasteiger partial charge in [-0.3, -0.25) is 0 Å². The lowest BCUT2D eigenvalue weighted by molar-refractivity contribution is -0.154. The minimum atomic E-state index is -1.02. The highest BCUT2D eigenvalue weighted by atomic mass is 16.5. The Morgan fingerprint density at radius 1 is 1.73 bits per heavy atom. The molecule has 0 aliphatic heterocycles. The maximum absolute atomic E-state index is 10.8. The number of carbonyl (C=O) groups excluding carboxylic acids is 1. The van der Waals surface area contributed by atoms with E-state index in [0.717, 1.165) is 0 Å². The summed E-state index contributed by atoms with van der Waals surface area (Å²) in [7, 11) is 0. The largest absolute Gasteiger partial charge is 0.460 e. The van der Waals surface area contributed by atoms with E-state index in [0.29, 0.717) is 0 Å². The van der Waals surface area contributed by atoms with Crippen LogP contribution < -0.4 is 0 Å². The van der Waals surface area contributed by atoms with Crippen molar-refractivity contribution < 1.29 is 14.6 Å². The zero-order chi connectivity index (χ0) is 8.85. The van der Waals surface area contributed by atoms with E-state index in [1.54, 1.807) is 13.8 Å². The van der Waals surface area contributed by atoms with Crippen LogP contribution in [0.25, 0.3) is 0 Å². The van der Waals surface area contributed by atoms with E-state index >= 15 is 0 Å². The highest BCUT2D eigenvalue weighted by Gasteiger charge is 2.19. The van der Waals surface area contributed by atoms with Crippen molar-refractivity contribution in [3.8, 4) is 0 Å². The summed E-state index contributed by atoms with van der Waals surface area (Å²) < 4.78 is 4.61. The van der Waals surface area contributed by atoms with E-state index < -0.39 is 12.1 Å². The number of hydrogen-bond donors (Lipinski definition) is 1. The molecule has 0 aromatic rings. The third-order valence-electron chi connectivity index (χ3n) is 1.22. The Morgan fingerprint density at radius 3 is 2.64 bits per heavy atom. The van der Waals surface area contributed by atoms with Crippen molar-refractivity contribution >= 4 is 5.97 Å². The number of hydrogen-bond acceptors (Lipinski definition) is 3. The van der Waals surface area contributed by atoms with E-state index in [4.69, 9.17) is 5.11 Å². The van der Waals surface area contributed by atoms with E-state index in [2.05, 4.69) is 11.3 Å². The first-order valence-electron chi connectivity index (χ1n) is 3.55. The van der Waals surface area contributed by atoms with Gasteiger partial charge in [0.1, 0.15) is 6.61 Å². The Balaban J connectivity index is 3.73. The van der Waals surface area contributed by atoms with Gasteiger partial charge in [-0.1, -0.05) is 26.5 Å². The summed E-state index contributed by atoms with van der Waals surface area (Å²) >= 11 is 0. The smallest absolute Gasteiger partial charge is 0.335 e. The number of carbonyl (C=O) groups is 1. The lowest BCUT2D eigenvalue weighted by atomic mass is 10.1. The quantitative estimate of drug-likeness (QED) is 0.484. The molecule has 0 heterocycles. The summed E-state index contributed by atoms with van der Waals surface area (Å²) in [6.45, 7) is 7.03. The van der Waals surface area contributed by atoms with Gasteiger partial charge < -0.3 is 9.84 Å². The van der Waals surface area contributed by atoms with Gasteiger partial charge in [-0.05, 0) is 5.92 Å². The molecule has 0 aromatic carbocycles. The maximum Gasteiger partial charge on any atom is 0.335 e. The first kappa shape index (κ1) is 10.2. The summed E-state index contributed by atoms with van der Waals surface area (Å²) in [5.41, 5.74) is 0. The van der Waals surface area contributed by atoms with Crippen LogP contribution in [0.2, 0.25) is 0 Å². The van der Waals surface area contributed by atoms with Crippen LogP contribution in [0.1, 0.15) is 13.8 Å². The Bertz CT molecular complexity index is 140. The van der Waals surface area contributed by atoms with Crippen LogP contribution in [-0.4, -0.2) is 23.8 Å². The summed E-state index contributed by atoms with van der Waals surface area (Å²) in [5, 5.41) is 9.11. The van der Waals surface area contributed by atoms with Crippen molar-refractivity contribution in [2.24, 2.45) is 5.92 Å². The van der Waals surface area contributed by atoms with E-state index in [9.17, 15) is 4.79 Å². The highest BCUT2D eigenvalue weighted by molar-refractivity contribution is 5.74. The van der Waals surface area contributed by atoms with E-state index in [-0.39, 0.29) is 12.5 Å². The van der Waals surface area contributed by atoms with E-state index in [1.165, 1.54) is 6.08 Å². The predicted molar refractivity (Wildman–Crippen MR) is 42.0 cm³/mol. The van der Waals surface area contributed by atoms with Crippen molar-refractivity contribution in [1.82, 2.24) is 0 Å². The number of esters is 1. The normalized spacial score (nSPS) is 12.7. The number of aliphatic hydroxyl groups is 1. The van der Waals surface area contributed by atoms with Crippen LogP contribution in [0.5, 0.6) is 0 Å². The average molecular weight is 158 g/mol. The van der Waals surface area contributed by atoms with Crippen LogP contribution in [-0.2, 0) is 9.53 Å². The predicted octanol–water partition coefficient (Wildman–Crippen LogP) is 0.732. The van der Waals surface area contributed by atoms with Crippen LogP contribution in [0, 0.1) is 5.92 Å². The second-order valence-electron chi connectivity index (χ2n) is 2.61. The molecule has 0 fully saturated rings. The van der Waals surface area contributed by atoms with Crippen molar-refractivity contribution in [3.05, 3.63) is 12.7 Å². The standard InChI is InChI=1S/C8H14O3/c1-4-5-11-8(10)7(9)6(2)3/h4,6-7,9H,1,5H2,2-3H3. The fraction of sp³-hybridized carbons (Fsp3) is 0.625. The van der Waals surface area contributed by atoms with Gasteiger partial charge in [-0.15, -0.1) is 0 Å². The van der Waals surface area contributed by atoms with Crippen molar-refractivity contribution in [2.75, 3.05) is 6.61 Å². The molecule has 0 aliphatic rings. The van der Waals surface area contributed by atoms with Crippen LogP contribution in [0.3, 0.4) is 0 Å². The topological polar surface area (TPSA) is 46.5 Å². The van der Waals surface area contributed by atoms with Crippen LogP contribution in [0.15, 0.2) is 12.7 Å². The molecule has 0 spiro atoms. The zero-order valence-corrected chi connectivity index (χ0v) is 6.91. The van der Waals surface area contributed by atoms with Crippen LogP contribution >= 0.6 is 0 Å². The minimum absolute atomic E-state index is 0.104. The molecule has 0 aromatic heterocycles. The molecule has 0 radical (unpaired) electrons. The molecule has 1 unspecified atom stereocenters. The SMILES string of the molecule is C=CCOC(=O)C(O)C(C)C. The highest BCUT2D eigenvalue weighted by Crippen LogP contribution is 2.02. The van der Waals surface area contributed by atoms with Crippen molar-refractivity contribution in [2.45, 2.75) is 20.0 Å². The maximum atomic E-state index is 10.8. The third-order valence-corrected chi connectivity index (χ3v) is 1.22. The minimum Gasteiger partial charge on any atom is -0.460 e. The molecule has 1 atom stereocenters. The van der Waals surface area contributed by atoms with Gasteiger partial charge in [0.15, 0.2) is 6.10 Å². The lowest BCUT2D eigenvalue weighted by Gasteiger charge is -2.11. The Kier molecular flexibility index (Phi) is 4.54. The van der Waals surface area contributed by atoms with Gasteiger partial charge in [0.05, 0.1) is 0 Å².